The van der Waals surface area contributed by atoms with Crippen molar-refractivity contribution in [3.63, 3.8) is 0 Å². The van der Waals surface area contributed by atoms with E-state index in [1.807, 2.05) is 0 Å². The highest BCUT2D eigenvalue weighted by molar-refractivity contribution is 7.87. The van der Waals surface area contributed by atoms with Gasteiger partial charge in [0.15, 0.2) is 0 Å². The van der Waals surface area contributed by atoms with Gasteiger partial charge >= 0.3 is 10.2 Å². The van der Waals surface area contributed by atoms with E-state index in [1.165, 1.54) is 38.9 Å². The quantitative estimate of drug-likeness (QED) is 0.496. The zero-order valence-corrected chi connectivity index (χ0v) is 30.1. The molecule has 4 heterocycles. The molecule has 3 fully saturated rings. The van der Waals surface area contributed by atoms with E-state index < -0.39 is 16.1 Å². The zero-order valence-electron chi connectivity index (χ0n) is 29.2. The van der Waals surface area contributed by atoms with Crippen molar-refractivity contribution in [1.29, 1.82) is 0 Å². The predicted octanol–water partition coefficient (Wildman–Crippen LogP) is 3.36. The summed E-state index contributed by atoms with van der Waals surface area (Å²) < 4.78 is 37.1. The van der Waals surface area contributed by atoms with Gasteiger partial charge in [-0.1, -0.05) is 37.5 Å². The lowest BCUT2D eigenvalue weighted by atomic mass is 9.75. The van der Waals surface area contributed by atoms with Gasteiger partial charge in [0.25, 0.3) is 5.91 Å². The van der Waals surface area contributed by atoms with Gasteiger partial charge in [-0.25, -0.2) is 4.72 Å². The largest absolute Gasteiger partial charge is 0.496 e. The highest BCUT2D eigenvalue weighted by atomic mass is 32.2. The van der Waals surface area contributed by atoms with Crippen molar-refractivity contribution in [3.8, 4) is 5.75 Å². The number of benzene rings is 1. The minimum absolute atomic E-state index is 0.110. The van der Waals surface area contributed by atoms with Crippen molar-refractivity contribution in [2.75, 3.05) is 61.5 Å². The van der Waals surface area contributed by atoms with Crippen LogP contribution in [-0.2, 0) is 26.3 Å². The predicted molar refractivity (Wildman–Crippen MR) is 189 cm³/mol. The second kappa shape index (κ2) is 12.1. The Balaban J connectivity index is 1.29. The Kier molecular flexibility index (Phi) is 8.09. The lowest BCUT2D eigenvalue weighted by Crippen LogP contribution is -2.69. The number of hydrogen-bond donors (Lipinski definition) is 1. The number of amides is 2. The smallest absolute Gasteiger partial charge is 0.303 e. The molecule has 6 aliphatic rings. The van der Waals surface area contributed by atoms with E-state index in [9.17, 15) is 13.2 Å². The van der Waals surface area contributed by atoms with Crippen LogP contribution < -0.4 is 9.46 Å². The van der Waals surface area contributed by atoms with Gasteiger partial charge in [0, 0.05) is 63.8 Å². The first-order chi connectivity index (χ1) is 23.5. The Labute approximate surface area is 289 Å². The summed E-state index contributed by atoms with van der Waals surface area (Å²) in [7, 11) is 4.81. The first kappa shape index (κ1) is 32.7. The number of methoxy groups -OCH3 is 1. The standard InChI is InChI=1S/C37H48N6O5S/c1-39(2)49(46,47)38-36(44)34-29-21-42-30(16-28-31(48-5)15-14-25(35(28)42)22-10-7-6-8-11-22)32-26(33(29)34)12-9-13-27(32)37(45)43-23-17-40(3)18-24(43)20-41(4)19-23/h9,12,14-16,22-24,27,32H,6-8,10-11,13,17-21H2,1-5H3,(H,38,44)/t23?,24?,27-,32?/m1/s1. The fraction of sp³-hybridized carbons (Fsp3) is 0.568. The van der Waals surface area contributed by atoms with Gasteiger partial charge in [-0.05, 0) is 73.7 Å². The summed E-state index contributed by atoms with van der Waals surface area (Å²) >= 11 is 0. The molecule has 1 saturated carbocycles. The molecule has 2 atom stereocenters. The molecular formula is C37H48N6O5S. The molecule has 0 radical (unpaired) electrons. The van der Waals surface area contributed by atoms with Crippen LogP contribution in [0.2, 0.25) is 0 Å². The summed E-state index contributed by atoms with van der Waals surface area (Å²) in [5.41, 5.74) is 6.48. The SMILES string of the molecule is COc1ccc(C2CCCCC2)c2c1cc1n2CC2=C(C(=O)NS(=O)(=O)N(C)C)C2=C2C=CC[C@@H](C(=O)N3C4CN(C)CC3CN(C)C4)C21. The third kappa shape index (κ3) is 5.37. The zero-order chi connectivity index (χ0) is 34.4. The maximum atomic E-state index is 15.0. The van der Waals surface area contributed by atoms with Gasteiger partial charge in [-0.15, -0.1) is 0 Å². The number of nitrogens with one attached hydrogen (secondary N) is 1. The van der Waals surface area contributed by atoms with E-state index in [1.54, 1.807) is 7.11 Å². The minimum atomic E-state index is -3.99. The number of fused-ring (bicyclic) bond motifs is 8. The Morgan fingerprint density at radius 1 is 0.980 bits per heavy atom. The molecule has 11 nitrogen and oxygen atoms in total. The lowest BCUT2D eigenvalue weighted by Gasteiger charge is -2.53. The van der Waals surface area contributed by atoms with Crippen LogP contribution in [0.1, 0.15) is 61.6 Å². The molecule has 3 aliphatic heterocycles. The number of carbonyl (C=O) groups is 2. The van der Waals surface area contributed by atoms with Crippen LogP contribution in [0, 0.1) is 5.92 Å². The Hall–Kier alpha value is -3.45. The molecule has 2 aromatic rings. The third-order valence-electron chi connectivity index (χ3n) is 11.9. The molecular weight excluding hydrogens is 641 g/mol. The van der Waals surface area contributed by atoms with E-state index in [2.05, 4.69) is 68.4 Å². The summed E-state index contributed by atoms with van der Waals surface area (Å²) in [4.78, 5) is 35.6. The van der Waals surface area contributed by atoms with E-state index in [-0.39, 0.29) is 29.8 Å². The fourth-order valence-corrected chi connectivity index (χ4v) is 10.2. The molecule has 2 amide bonds. The minimum Gasteiger partial charge on any atom is -0.496 e. The number of allylic oxidation sites excluding steroid dienone is 4. The van der Waals surface area contributed by atoms with Crippen LogP contribution in [0.25, 0.3) is 10.9 Å². The van der Waals surface area contributed by atoms with Crippen molar-refractivity contribution >= 4 is 32.9 Å². The summed E-state index contributed by atoms with van der Waals surface area (Å²) in [6.45, 7) is 3.79. The molecule has 8 rings (SSSR count). The van der Waals surface area contributed by atoms with Gasteiger partial charge in [-0.2, -0.15) is 12.7 Å². The topological polar surface area (TPSA) is 107 Å². The third-order valence-corrected chi connectivity index (χ3v) is 13.3. The second-order valence-electron chi connectivity index (χ2n) is 15.2. The van der Waals surface area contributed by atoms with Crippen LogP contribution >= 0.6 is 0 Å². The van der Waals surface area contributed by atoms with Gasteiger partial charge in [0.05, 0.1) is 36.2 Å². The molecule has 2 bridgehead atoms. The molecule has 1 unspecified atom stereocenters. The molecule has 1 N–H and O–H groups in total. The summed E-state index contributed by atoms with van der Waals surface area (Å²) in [6.07, 6.45) is 10.7. The fourth-order valence-electron chi connectivity index (χ4n) is 9.67. The molecule has 3 aliphatic carbocycles. The van der Waals surface area contributed by atoms with Gasteiger partial charge < -0.3 is 24.0 Å². The summed E-state index contributed by atoms with van der Waals surface area (Å²) in [5.74, 6) is 0.120. The monoisotopic (exact) mass is 688 g/mol. The molecule has 2 saturated heterocycles. The first-order valence-corrected chi connectivity index (χ1v) is 19.2. The molecule has 49 heavy (non-hydrogen) atoms. The Morgan fingerprint density at radius 3 is 2.29 bits per heavy atom. The lowest BCUT2D eigenvalue weighted by molar-refractivity contribution is -0.150. The number of rotatable bonds is 6. The molecule has 0 spiro atoms. The molecule has 262 valence electrons. The van der Waals surface area contributed by atoms with Gasteiger partial charge in [0.2, 0.25) is 5.91 Å². The first-order valence-electron chi connectivity index (χ1n) is 17.8. The normalized spacial score (nSPS) is 27.6. The molecule has 1 aromatic carbocycles. The van der Waals surface area contributed by atoms with Crippen LogP contribution in [0.15, 0.2) is 52.6 Å². The van der Waals surface area contributed by atoms with Crippen molar-refractivity contribution in [3.05, 3.63) is 63.9 Å². The number of ether oxygens (including phenoxy) is 1. The van der Waals surface area contributed by atoms with Gasteiger partial charge in [0.1, 0.15) is 5.75 Å². The van der Waals surface area contributed by atoms with Crippen LogP contribution in [0.3, 0.4) is 0 Å². The van der Waals surface area contributed by atoms with E-state index >= 15 is 4.79 Å². The van der Waals surface area contributed by atoms with Crippen LogP contribution in [0.5, 0.6) is 5.75 Å². The number of aromatic nitrogens is 1. The van der Waals surface area contributed by atoms with Crippen LogP contribution in [0.4, 0.5) is 0 Å². The second-order valence-corrected chi connectivity index (χ2v) is 17.1. The Bertz CT molecular complexity index is 1910. The summed E-state index contributed by atoms with van der Waals surface area (Å²) in [6, 6.07) is 6.76. The van der Waals surface area contributed by atoms with Crippen molar-refractivity contribution in [1.82, 2.24) is 28.3 Å². The summed E-state index contributed by atoms with van der Waals surface area (Å²) in [5, 5.41) is 1.03. The maximum absolute atomic E-state index is 15.0. The number of nitrogens with zero attached hydrogens (tertiary/aromatic N) is 5. The van der Waals surface area contributed by atoms with E-state index in [0.717, 1.165) is 82.4 Å². The number of piperazine rings is 2. The van der Waals surface area contributed by atoms with E-state index in [0.29, 0.717) is 24.5 Å². The maximum Gasteiger partial charge on any atom is 0.303 e. The average molecular weight is 689 g/mol. The number of likely N-dealkylation sites (N-methyl/N-ethyl adjacent to an activating group) is 2. The Morgan fingerprint density at radius 2 is 1.65 bits per heavy atom. The average Bonchev–Trinajstić information content (AvgIpc) is 3.69. The van der Waals surface area contributed by atoms with Crippen LogP contribution in [-0.4, -0.2) is 117 Å². The highest BCUT2D eigenvalue weighted by Gasteiger charge is 2.50. The van der Waals surface area contributed by atoms with Crippen molar-refractivity contribution in [2.45, 2.75) is 69.0 Å². The highest BCUT2D eigenvalue weighted by Crippen LogP contribution is 2.55. The molecule has 12 heteroatoms. The van der Waals surface area contributed by atoms with Gasteiger partial charge in [-0.3, -0.25) is 9.59 Å². The van der Waals surface area contributed by atoms with Crippen molar-refractivity contribution < 1.29 is 22.7 Å². The van der Waals surface area contributed by atoms with E-state index in [4.69, 9.17) is 4.74 Å². The number of hydrogen-bond acceptors (Lipinski definition) is 7. The number of carbonyl (C=O) groups excluding carboxylic acids is 2. The van der Waals surface area contributed by atoms with Crippen molar-refractivity contribution in [2.24, 2.45) is 5.92 Å². The molecule has 1 aromatic heterocycles.